The molecule has 4 heteroatoms. The van der Waals surface area contributed by atoms with Crippen LogP contribution in [-0.4, -0.2) is 17.0 Å². The van der Waals surface area contributed by atoms with Gasteiger partial charge in [-0.3, -0.25) is 4.79 Å². The molecule has 1 N–H and O–H groups in total. The highest BCUT2D eigenvalue weighted by Crippen LogP contribution is 2.30. The largest absolute Gasteiger partial charge is 0.352 e. The van der Waals surface area contributed by atoms with Gasteiger partial charge in [-0.15, -0.1) is 0 Å². The first-order chi connectivity index (χ1) is 13.0. The molecule has 0 aliphatic rings. The van der Waals surface area contributed by atoms with Gasteiger partial charge in [0.15, 0.2) is 0 Å². The molecular weight excluding hydrogens is 339 g/mol. The number of aryl methyl sites for hydroxylation is 1. The Kier molecular flexibility index (Phi) is 5.75. The van der Waals surface area contributed by atoms with Gasteiger partial charge >= 0.3 is 0 Å². The molecule has 3 nitrogen and oxygen atoms in total. The number of aromatic nitrogens is 1. The van der Waals surface area contributed by atoms with Gasteiger partial charge in [0.05, 0.1) is 11.3 Å². The zero-order valence-electron chi connectivity index (χ0n) is 16.1. The fourth-order valence-corrected chi connectivity index (χ4v) is 3.24. The summed E-state index contributed by atoms with van der Waals surface area (Å²) in [6, 6.07) is 16.4. The minimum Gasteiger partial charge on any atom is -0.352 e. The summed E-state index contributed by atoms with van der Waals surface area (Å²) in [7, 11) is 0. The predicted octanol–water partition coefficient (Wildman–Crippen LogP) is 5.43. The summed E-state index contributed by atoms with van der Waals surface area (Å²) in [5, 5.41) is 2.99. The van der Waals surface area contributed by atoms with Gasteiger partial charge in [0.1, 0.15) is 5.82 Å². The Morgan fingerprint density at radius 2 is 1.81 bits per heavy atom. The van der Waals surface area contributed by atoms with Crippen LogP contribution in [-0.2, 0) is 0 Å². The molecule has 0 radical (unpaired) electrons. The summed E-state index contributed by atoms with van der Waals surface area (Å²) in [6.45, 7) is 6.75. The van der Waals surface area contributed by atoms with Crippen molar-refractivity contribution in [1.29, 1.82) is 0 Å². The van der Waals surface area contributed by atoms with Crippen LogP contribution in [0.3, 0.4) is 0 Å². The van der Waals surface area contributed by atoms with Gasteiger partial charge in [-0.1, -0.05) is 25.5 Å². The van der Waals surface area contributed by atoms with Crippen molar-refractivity contribution in [3.63, 3.8) is 0 Å². The molecule has 2 aromatic carbocycles. The fourth-order valence-electron chi connectivity index (χ4n) is 3.24. The lowest BCUT2D eigenvalue weighted by Crippen LogP contribution is -2.24. The van der Waals surface area contributed by atoms with Crippen LogP contribution >= 0.6 is 0 Å². The molecule has 0 saturated heterocycles. The van der Waals surface area contributed by atoms with Crippen molar-refractivity contribution < 1.29 is 9.18 Å². The van der Waals surface area contributed by atoms with Gasteiger partial charge in [-0.25, -0.2) is 4.39 Å². The quantitative estimate of drug-likeness (QED) is 0.581. The van der Waals surface area contributed by atoms with Crippen molar-refractivity contribution in [3.05, 3.63) is 77.2 Å². The average molecular weight is 364 g/mol. The Balaban J connectivity index is 2.11. The number of nitrogens with zero attached hydrogens (tertiary/aromatic N) is 1. The van der Waals surface area contributed by atoms with E-state index in [1.807, 2.05) is 38.1 Å². The third-order valence-corrected chi connectivity index (χ3v) is 4.71. The standard InChI is InChI=1S/C23H25FN2O/c1-4-5-13-25-23(27)21-15-22(18-9-11-19(24)12-10-18)26(17(21)3)20-8-6-7-16(2)14-20/h6-12,14-15H,4-5,13H2,1-3H3,(H,25,27). The number of rotatable bonds is 6. The summed E-state index contributed by atoms with van der Waals surface area (Å²) in [5.74, 6) is -0.350. The maximum atomic E-state index is 13.4. The summed E-state index contributed by atoms with van der Waals surface area (Å²) in [4.78, 5) is 12.7. The SMILES string of the molecule is CCCCNC(=O)c1cc(-c2ccc(F)cc2)n(-c2cccc(C)c2)c1C. The number of carbonyl (C=O) groups excluding carboxylic acids is 1. The van der Waals surface area contributed by atoms with Crippen molar-refractivity contribution >= 4 is 5.91 Å². The van der Waals surface area contributed by atoms with E-state index in [1.165, 1.54) is 12.1 Å². The molecule has 0 spiro atoms. The van der Waals surface area contributed by atoms with Crippen LogP contribution in [0.25, 0.3) is 16.9 Å². The van der Waals surface area contributed by atoms with Crippen molar-refractivity contribution in [2.24, 2.45) is 0 Å². The van der Waals surface area contributed by atoms with E-state index in [2.05, 4.69) is 22.9 Å². The Morgan fingerprint density at radius 1 is 1.07 bits per heavy atom. The van der Waals surface area contributed by atoms with E-state index < -0.39 is 0 Å². The number of benzene rings is 2. The lowest BCUT2D eigenvalue weighted by Gasteiger charge is -2.13. The Labute approximate surface area is 159 Å². The predicted molar refractivity (Wildman–Crippen MR) is 108 cm³/mol. The van der Waals surface area contributed by atoms with Crippen molar-refractivity contribution in [2.45, 2.75) is 33.6 Å². The zero-order valence-corrected chi connectivity index (χ0v) is 16.1. The van der Waals surface area contributed by atoms with E-state index in [0.29, 0.717) is 12.1 Å². The van der Waals surface area contributed by atoms with Gasteiger partial charge in [0, 0.05) is 17.9 Å². The highest BCUT2D eigenvalue weighted by atomic mass is 19.1. The van der Waals surface area contributed by atoms with Crippen LogP contribution in [0, 0.1) is 19.7 Å². The number of unbranched alkanes of at least 4 members (excludes halogenated alkanes) is 1. The average Bonchev–Trinajstić information content (AvgIpc) is 3.00. The number of halogens is 1. The third-order valence-electron chi connectivity index (χ3n) is 4.71. The fraction of sp³-hybridized carbons (Fsp3) is 0.261. The molecule has 0 atom stereocenters. The molecule has 3 rings (SSSR count). The van der Waals surface area contributed by atoms with E-state index in [9.17, 15) is 9.18 Å². The number of amides is 1. The van der Waals surface area contributed by atoms with E-state index >= 15 is 0 Å². The molecule has 0 aliphatic heterocycles. The third kappa shape index (κ3) is 4.11. The summed E-state index contributed by atoms with van der Waals surface area (Å²) < 4.78 is 15.5. The summed E-state index contributed by atoms with van der Waals surface area (Å²) in [6.07, 6.45) is 1.98. The minimum atomic E-state index is -0.276. The second-order valence-electron chi connectivity index (χ2n) is 6.82. The second-order valence-corrected chi connectivity index (χ2v) is 6.82. The monoisotopic (exact) mass is 364 g/mol. The van der Waals surface area contributed by atoms with Crippen LogP contribution in [0.2, 0.25) is 0 Å². The summed E-state index contributed by atoms with van der Waals surface area (Å²) in [5.41, 5.74) is 5.38. The van der Waals surface area contributed by atoms with Crippen LogP contribution in [0.15, 0.2) is 54.6 Å². The molecule has 0 bridgehead atoms. The zero-order chi connectivity index (χ0) is 19.4. The first kappa shape index (κ1) is 18.9. The molecule has 1 amide bonds. The molecule has 0 unspecified atom stereocenters. The Morgan fingerprint density at radius 3 is 2.48 bits per heavy atom. The summed E-state index contributed by atoms with van der Waals surface area (Å²) >= 11 is 0. The van der Waals surface area contributed by atoms with E-state index in [4.69, 9.17) is 0 Å². The van der Waals surface area contributed by atoms with Crippen LogP contribution in [0.1, 0.15) is 41.4 Å². The molecular formula is C23H25FN2O. The molecule has 27 heavy (non-hydrogen) atoms. The molecule has 1 heterocycles. The minimum absolute atomic E-state index is 0.0734. The first-order valence-corrected chi connectivity index (χ1v) is 9.34. The molecule has 3 aromatic rings. The normalized spacial score (nSPS) is 10.8. The van der Waals surface area contributed by atoms with Crippen molar-refractivity contribution in [3.8, 4) is 16.9 Å². The van der Waals surface area contributed by atoms with Gasteiger partial charge in [-0.05, 0) is 73.9 Å². The van der Waals surface area contributed by atoms with Crippen molar-refractivity contribution in [2.75, 3.05) is 6.54 Å². The van der Waals surface area contributed by atoms with Gasteiger partial charge < -0.3 is 9.88 Å². The van der Waals surface area contributed by atoms with Gasteiger partial charge in [-0.2, -0.15) is 0 Å². The van der Waals surface area contributed by atoms with Crippen LogP contribution in [0.4, 0.5) is 4.39 Å². The topological polar surface area (TPSA) is 34.0 Å². The number of nitrogens with one attached hydrogen (secondary N) is 1. The van der Waals surface area contributed by atoms with Gasteiger partial charge in [0.25, 0.3) is 5.91 Å². The molecule has 1 aromatic heterocycles. The van der Waals surface area contributed by atoms with E-state index in [0.717, 1.165) is 41.0 Å². The molecule has 140 valence electrons. The Hall–Kier alpha value is -2.88. The molecule has 0 aliphatic carbocycles. The maximum Gasteiger partial charge on any atom is 0.253 e. The number of hydrogen-bond acceptors (Lipinski definition) is 1. The molecule has 0 saturated carbocycles. The highest BCUT2D eigenvalue weighted by molar-refractivity contribution is 5.97. The highest BCUT2D eigenvalue weighted by Gasteiger charge is 2.19. The lowest BCUT2D eigenvalue weighted by atomic mass is 10.1. The Bertz CT molecular complexity index is 942. The maximum absolute atomic E-state index is 13.4. The van der Waals surface area contributed by atoms with Crippen molar-refractivity contribution in [1.82, 2.24) is 9.88 Å². The number of hydrogen-bond donors (Lipinski definition) is 1. The van der Waals surface area contributed by atoms with Gasteiger partial charge in [0.2, 0.25) is 0 Å². The first-order valence-electron chi connectivity index (χ1n) is 9.34. The van der Waals surface area contributed by atoms with E-state index in [1.54, 1.807) is 12.1 Å². The van der Waals surface area contributed by atoms with Crippen LogP contribution < -0.4 is 5.32 Å². The number of carbonyl (C=O) groups is 1. The second kappa shape index (κ2) is 8.21. The lowest BCUT2D eigenvalue weighted by molar-refractivity contribution is 0.0952. The molecule has 0 fully saturated rings. The van der Waals surface area contributed by atoms with Crippen LogP contribution in [0.5, 0.6) is 0 Å². The van der Waals surface area contributed by atoms with E-state index in [-0.39, 0.29) is 11.7 Å². The smallest absolute Gasteiger partial charge is 0.253 e.